The number of piperazine rings is 1. The van der Waals surface area contributed by atoms with Gasteiger partial charge in [0.25, 0.3) is 0 Å². The van der Waals surface area contributed by atoms with Gasteiger partial charge in [0, 0.05) is 46.0 Å². The van der Waals surface area contributed by atoms with E-state index < -0.39 is 27.7 Å². The molecule has 0 unspecified atom stereocenters. The van der Waals surface area contributed by atoms with Crippen LogP contribution in [0.2, 0.25) is 0 Å². The Hall–Kier alpha value is -2.97. The Bertz CT molecular complexity index is 1210. The van der Waals surface area contributed by atoms with Gasteiger partial charge >= 0.3 is 12.1 Å². The molecule has 2 fully saturated rings. The Morgan fingerprint density at radius 2 is 1.71 bits per heavy atom. The summed E-state index contributed by atoms with van der Waals surface area (Å²) >= 11 is 0. The third-order valence-electron chi connectivity index (χ3n) is 6.71. The van der Waals surface area contributed by atoms with Crippen LogP contribution in [0.1, 0.15) is 31.7 Å². The maximum absolute atomic E-state index is 13.9. The first-order valence-electron chi connectivity index (χ1n) is 12.2. The summed E-state index contributed by atoms with van der Waals surface area (Å²) in [5.41, 5.74) is 1.25. The average molecular weight is 560 g/mol. The highest BCUT2D eigenvalue weighted by molar-refractivity contribution is 7.89. The summed E-state index contributed by atoms with van der Waals surface area (Å²) < 4.78 is 60.2. The second-order valence-corrected chi connectivity index (χ2v) is 11.4. The lowest BCUT2D eigenvalue weighted by atomic mass is 9.82. The van der Waals surface area contributed by atoms with E-state index >= 15 is 0 Å². The molecule has 1 aromatic heterocycles. The fourth-order valence-electron chi connectivity index (χ4n) is 4.80. The number of piperidine rings is 1. The molecule has 1 aromatic carbocycles. The number of carboxylic acids is 1. The number of anilines is 1. The number of hydrogen-bond donors (Lipinski definition) is 1. The molecule has 2 aliphatic rings. The van der Waals surface area contributed by atoms with Gasteiger partial charge in [0.2, 0.25) is 15.9 Å². The van der Waals surface area contributed by atoms with E-state index in [1.165, 1.54) is 0 Å². The standard InChI is InChI=1S/C22H31N5O3S.C2HF3O2/c1-3-15-31(29,30)26-11-9-22(10-12-26)21(28)27(20-16-23-24(2)18-20)14-13-25(22)17-19-7-5-4-6-8-19;3-2(4,5)1(6)7/h4-8,16,18H,3,9-15,17H2,1-2H3;(H,6,7). The van der Waals surface area contributed by atoms with E-state index in [2.05, 4.69) is 22.1 Å². The first-order chi connectivity index (χ1) is 17.8. The smallest absolute Gasteiger partial charge is 0.475 e. The number of aryl methyl sites for hydroxylation is 1. The molecule has 2 saturated heterocycles. The summed E-state index contributed by atoms with van der Waals surface area (Å²) in [4.78, 5) is 26.9. The molecule has 14 heteroatoms. The van der Waals surface area contributed by atoms with Crippen molar-refractivity contribution >= 4 is 27.6 Å². The number of hydrogen-bond acceptors (Lipinski definition) is 6. The van der Waals surface area contributed by atoms with Crippen LogP contribution >= 0.6 is 0 Å². The number of rotatable bonds is 6. The lowest BCUT2D eigenvalue weighted by Gasteiger charge is -2.52. The molecule has 1 N–H and O–H groups in total. The minimum atomic E-state index is -5.08. The molecule has 0 saturated carbocycles. The van der Waals surface area contributed by atoms with Crippen LogP contribution in [-0.2, 0) is 33.2 Å². The van der Waals surface area contributed by atoms with Crippen molar-refractivity contribution in [3.63, 3.8) is 0 Å². The summed E-state index contributed by atoms with van der Waals surface area (Å²) in [7, 11) is -1.43. The number of aromatic nitrogens is 2. The van der Waals surface area contributed by atoms with Gasteiger partial charge in [0.15, 0.2) is 0 Å². The van der Waals surface area contributed by atoms with Crippen LogP contribution in [0.5, 0.6) is 0 Å². The monoisotopic (exact) mass is 559 g/mol. The maximum atomic E-state index is 13.9. The summed E-state index contributed by atoms with van der Waals surface area (Å²) in [5, 5.41) is 11.4. The molecule has 0 aliphatic carbocycles. The van der Waals surface area contributed by atoms with Crippen molar-refractivity contribution in [2.24, 2.45) is 7.05 Å². The summed E-state index contributed by atoms with van der Waals surface area (Å²) in [5.74, 6) is -2.55. The van der Waals surface area contributed by atoms with Crippen LogP contribution < -0.4 is 4.90 Å². The number of carbonyl (C=O) groups excluding carboxylic acids is 1. The number of aliphatic carboxylic acids is 1. The van der Waals surface area contributed by atoms with Crippen molar-refractivity contribution in [1.29, 1.82) is 0 Å². The average Bonchev–Trinajstić information content (AvgIpc) is 3.29. The first kappa shape index (κ1) is 29.6. The normalized spacial score (nSPS) is 18.8. The number of benzene rings is 1. The van der Waals surface area contributed by atoms with Gasteiger partial charge in [-0.15, -0.1) is 0 Å². The second-order valence-electron chi connectivity index (χ2n) is 9.29. The third kappa shape index (κ3) is 6.72. The molecule has 10 nitrogen and oxygen atoms in total. The quantitative estimate of drug-likeness (QED) is 0.578. The fraction of sp³-hybridized carbons (Fsp3) is 0.542. The lowest BCUT2D eigenvalue weighted by molar-refractivity contribution is -0.192. The number of carbonyl (C=O) groups is 2. The fourth-order valence-corrected chi connectivity index (χ4v) is 6.32. The van der Waals surface area contributed by atoms with Crippen LogP contribution in [0.3, 0.4) is 0 Å². The van der Waals surface area contributed by atoms with Crippen LogP contribution in [0, 0.1) is 0 Å². The van der Waals surface area contributed by atoms with E-state index in [0.29, 0.717) is 45.4 Å². The van der Waals surface area contributed by atoms with Crippen LogP contribution in [0.4, 0.5) is 18.9 Å². The summed E-state index contributed by atoms with van der Waals surface area (Å²) in [6.07, 6.45) is 0.0904. The molecule has 3 heterocycles. The van der Waals surface area contributed by atoms with Crippen molar-refractivity contribution in [3.8, 4) is 0 Å². The number of amides is 1. The SMILES string of the molecule is CCCS(=O)(=O)N1CCC2(CC1)C(=O)N(c1cnn(C)c1)CCN2Cc1ccccc1.O=C(O)C(F)(F)F. The van der Waals surface area contributed by atoms with Crippen molar-refractivity contribution in [3.05, 3.63) is 48.3 Å². The van der Waals surface area contributed by atoms with Gasteiger partial charge in [0.1, 0.15) is 5.54 Å². The van der Waals surface area contributed by atoms with E-state index in [9.17, 15) is 26.4 Å². The minimum absolute atomic E-state index is 0.0511. The first-order valence-corrected chi connectivity index (χ1v) is 13.8. The van der Waals surface area contributed by atoms with Crippen molar-refractivity contribution in [2.75, 3.05) is 36.8 Å². The predicted molar refractivity (Wildman–Crippen MR) is 134 cm³/mol. The maximum Gasteiger partial charge on any atom is 0.490 e. The Kier molecular flexibility index (Phi) is 9.21. The molecule has 38 heavy (non-hydrogen) atoms. The van der Waals surface area contributed by atoms with E-state index in [1.807, 2.05) is 43.3 Å². The second kappa shape index (κ2) is 11.8. The van der Waals surface area contributed by atoms with Crippen molar-refractivity contribution in [2.45, 2.75) is 44.4 Å². The molecule has 210 valence electrons. The molecular weight excluding hydrogens is 527 g/mol. The number of alkyl halides is 3. The zero-order valence-electron chi connectivity index (χ0n) is 21.3. The zero-order chi connectivity index (χ0) is 28.1. The Labute approximate surface area is 219 Å². The zero-order valence-corrected chi connectivity index (χ0v) is 22.1. The summed E-state index contributed by atoms with van der Waals surface area (Å²) in [6, 6.07) is 10.2. The lowest BCUT2D eigenvalue weighted by Crippen LogP contribution is -2.69. The molecule has 0 atom stereocenters. The number of carboxylic acid groups (broad SMARTS) is 1. The number of sulfonamides is 1. The highest BCUT2D eigenvalue weighted by Gasteiger charge is 2.52. The summed E-state index contributed by atoms with van der Waals surface area (Å²) in [6.45, 7) is 4.63. The largest absolute Gasteiger partial charge is 0.490 e. The van der Waals surface area contributed by atoms with Crippen molar-refractivity contribution < 1.29 is 36.3 Å². The Morgan fingerprint density at radius 3 is 2.21 bits per heavy atom. The predicted octanol–water partition coefficient (Wildman–Crippen LogP) is 2.48. The topological polar surface area (TPSA) is 116 Å². The third-order valence-corrected chi connectivity index (χ3v) is 8.78. The number of halogens is 3. The minimum Gasteiger partial charge on any atom is -0.475 e. The van der Waals surface area contributed by atoms with E-state index in [1.54, 1.807) is 15.2 Å². The van der Waals surface area contributed by atoms with E-state index in [-0.39, 0.29) is 11.7 Å². The van der Waals surface area contributed by atoms with Gasteiger partial charge < -0.3 is 10.0 Å². The van der Waals surface area contributed by atoms with Gasteiger partial charge in [-0.2, -0.15) is 18.3 Å². The van der Waals surface area contributed by atoms with E-state index in [4.69, 9.17) is 9.90 Å². The van der Waals surface area contributed by atoms with Crippen LogP contribution in [0.25, 0.3) is 0 Å². The van der Waals surface area contributed by atoms with Crippen LogP contribution in [0.15, 0.2) is 42.7 Å². The highest BCUT2D eigenvalue weighted by atomic mass is 32.2. The molecule has 0 radical (unpaired) electrons. The van der Waals surface area contributed by atoms with Crippen molar-refractivity contribution in [1.82, 2.24) is 19.0 Å². The van der Waals surface area contributed by atoms with Gasteiger partial charge in [-0.3, -0.25) is 14.4 Å². The Balaban J connectivity index is 0.000000505. The van der Waals surface area contributed by atoms with Gasteiger partial charge in [0.05, 0.1) is 17.6 Å². The highest BCUT2D eigenvalue weighted by Crippen LogP contribution is 2.37. The molecule has 2 aliphatic heterocycles. The molecule has 4 rings (SSSR count). The molecule has 1 amide bonds. The van der Waals surface area contributed by atoms with E-state index in [0.717, 1.165) is 17.8 Å². The van der Waals surface area contributed by atoms with Gasteiger partial charge in [-0.25, -0.2) is 17.5 Å². The number of nitrogens with zero attached hydrogens (tertiary/aromatic N) is 5. The molecule has 0 bridgehead atoms. The molecule has 1 spiro atoms. The van der Waals surface area contributed by atoms with Crippen LogP contribution in [-0.4, -0.2) is 88.0 Å². The Morgan fingerprint density at radius 1 is 1.11 bits per heavy atom. The van der Waals surface area contributed by atoms with Gasteiger partial charge in [-0.1, -0.05) is 37.3 Å². The molecular formula is C24H32F3N5O5S. The van der Waals surface area contributed by atoms with Gasteiger partial charge in [-0.05, 0) is 24.8 Å². The molecule has 2 aromatic rings.